The normalized spacial score (nSPS) is 22.9. The van der Waals surface area contributed by atoms with Crippen LogP contribution >= 0.6 is 0 Å². The fraction of sp³-hybridized carbons (Fsp3) is 0.333. The fourth-order valence-corrected chi connectivity index (χ4v) is 4.86. The summed E-state index contributed by atoms with van der Waals surface area (Å²) in [5, 5.41) is 3.33. The number of hydrogen-bond donors (Lipinski definition) is 1. The number of methoxy groups -OCH3 is 1. The zero-order valence-electron chi connectivity index (χ0n) is 17.0. The Labute approximate surface area is 174 Å². The van der Waals surface area contributed by atoms with Gasteiger partial charge in [0.2, 0.25) is 0 Å². The van der Waals surface area contributed by atoms with E-state index >= 15 is 0 Å². The maximum Gasteiger partial charge on any atom is 0.336 e. The Hall–Kier alpha value is -3.28. The standard InChI is InChI=1S/C24H23NO5/c1-13-21(24(27)28-2)22(15-5-6-20-14(10-15)7-9-30-20)23-17(25-13)11-16(12-18(23)26)19-4-3-8-29-19/h3-6,8,10,16,22,25H,7,9,11-12H2,1-2H3. The van der Waals surface area contributed by atoms with Crippen molar-refractivity contribution in [3.05, 3.63) is 76.0 Å². The van der Waals surface area contributed by atoms with Crippen molar-refractivity contribution in [1.82, 2.24) is 5.32 Å². The quantitative estimate of drug-likeness (QED) is 0.784. The van der Waals surface area contributed by atoms with E-state index in [0.717, 1.165) is 40.5 Å². The van der Waals surface area contributed by atoms with Crippen molar-refractivity contribution < 1.29 is 23.5 Å². The molecule has 2 unspecified atom stereocenters. The van der Waals surface area contributed by atoms with E-state index in [1.165, 1.54) is 7.11 Å². The van der Waals surface area contributed by atoms with Crippen LogP contribution in [-0.4, -0.2) is 25.5 Å². The second kappa shape index (κ2) is 7.20. The molecule has 0 radical (unpaired) electrons. The minimum absolute atomic E-state index is 0.0136. The molecule has 0 fully saturated rings. The SMILES string of the molecule is COC(=O)C1=C(C)NC2=C(C(=O)CC(c3ccco3)C2)C1c1ccc2c(c1)CCO2. The summed E-state index contributed by atoms with van der Waals surface area (Å²) in [6.45, 7) is 2.52. The van der Waals surface area contributed by atoms with Gasteiger partial charge in [-0.25, -0.2) is 4.79 Å². The van der Waals surface area contributed by atoms with Gasteiger partial charge in [-0.15, -0.1) is 0 Å². The van der Waals surface area contributed by atoms with Crippen molar-refractivity contribution in [1.29, 1.82) is 0 Å². The van der Waals surface area contributed by atoms with Crippen LogP contribution in [0.2, 0.25) is 0 Å². The zero-order valence-corrected chi connectivity index (χ0v) is 17.0. The molecule has 0 bridgehead atoms. The minimum Gasteiger partial charge on any atom is -0.493 e. The number of ketones is 1. The lowest BCUT2D eigenvalue weighted by Gasteiger charge is -2.36. The number of allylic oxidation sites excluding steroid dienone is 3. The number of fused-ring (bicyclic) bond motifs is 1. The van der Waals surface area contributed by atoms with E-state index in [1.807, 2.05) is 31.2 Å². The number of dihydropyridines is 1. The van der Waals surface area contributed by atoms with Crippen LogP contribution in [0.1, 0.15) is 48.5 Å². The third-order valence-corrected chi connectivity index (χ3v) is 6.23. The highest BCUT2D eigenvalue weighted by Crippen LogP contribution is 2.46. The lowest BCUT2D eigenvalue weighted by Crippen LogP contribution is -2.36. The molecule has 0 amide bonds. The zero-order chi connectivity index (χ0) is 20.8. The molecule has 3 aliphatic rings. The molecule has 1 N–H and O–H groups in total. The maximum absolute atomic E-state index is 13.4. The summed E-state index contributed by atoms with van der Waals surface area (Å²) < 4.78 is 16.3. The summed E-state index contributed by atoms with van der Waals surface area (Å²) in [4.78, 5) is 26.1. The number of carbonyl (C=O) groups is 2. The van der Waals surface area contributed by atoms with Gasteiger partial charge in [0.15, 0.2) is 5.78 Å². The van der Waals surface area contributed by atoms with Crippen molar-refractivity contribution in [3.8, 4) is 5.75 Å². The number of hydrogen-bond acceptors (Lipinski definition) is 6. The summed E-state index contributed by atoms with van der Waals surface area (Å²) in [6.07, 6.45) is 3.47. The molecule has 0 saturated heterocycles. The first-order valence-electron chi connectivity index (χ1n) is 10.2. The first-order chi connectivity index (χ1) is 14.6. The van der Waals surface area contributed by atoms with E-state index < -0.39 is 11.9 Å². The molecule has 3 heterocycles. The van der Waals surface area contributed by atoms with Crippen molar-refractivity contribution in [3.63, 3.8) is 0 Å². The number of nitrogens with one attached hydrogen (secondary N) is 1. The number of benzene rings is 1. The Morgan fingerprint density at radius 1 is 1.23 bits per heavy atom. The van der Waals surface area contributed by atoms with Crippen molar-refractivity contribution in [2.75, 3.05) is 13.7 Å². The molecule has 1 aromatic heterocycles. The van der Waals surface area contributed by atoms with Gasteiger partial charge in [-0.2, -0.15) is 0 Å². The molecule has 1 aliphatic carbocycles. The van der Waals surface area contributed by atoms with E-state index in [1.54, 1.807) is 6.26 Å². The van der Waals surface area contributed by atoms with Crippen LogP contribution in [0.4, 0.5) is 0 Å². The summed E-state index contributed by atoms with van der Waals surface area (Å²) in [7, 11) is 1.37. The summed E-state index contributed by atoms with van der Waals surface area (Å²) >= 11 is 0. The topological polar surface area (TPSA) is 77.8 Å². The predicted octanol–water partition coefficient (Wildman–Crippen LogP) is 3.75. The highest BCUT2D eigenvalue weighted by Gasteiger charge is 2.42. The Bertz CT molecular complexity index is 1090. The number of rotatable bonds is 3. The van der Waals surface area contributed by atoms with Gasteiger partial charge in [0.1, 0.15) is 11.5 Å². The average Bonchev–Trinajstić information content (AvgIpc) is 3.43. The van der Waals surface area contributed by atoms with E-state index in [4.69, 9.17) is 13.9 Å². The monoisotopic (exact) mass is 405 g/mol. The van der Waals surface area contributed by atoms with Crippen molar-refractivity contribution >= 4 is 11.8 Å². The second-order valence-electron chi connectivity index (χ2n) is 7.99. The molecule has 154 valence electrons. The lowest BCUT2D eigenvalue weighted by atomic mass is 9.72. The smallest absolute Gasteiger partial charge is 0.336 e. The summed E-state index contributed by atoms with van der Waals surface area (Å²) in [6, 6.07) is 9.70. The van der Waals surface area contributed by atoms with Crippen LogP contribution in [0.15, 0.2) is 63.6 Å². The maximum atomic E-state index is 13.4. The molecule has 0 saturated carbocycles. The number of esters is 1. The number of ether oxygens (including phenoxy) is 2. The first kappa shape index (κ1) is 18.7. The van der Waals surface area contributed by atoms with Crippen LogP contribution in [0.5, 0.6) is 5.75 Å². The highest BCUT2D eigenvalue weighted by atomic mass is 16.5. The van der Waals surface area contributed by atoms with Gasteiger partial charge in [0, 0.05) is 41.6 Å². The Morgan fingerprint density at radius 3 is 2.87 bits per heavy atom. The number of furan rings is 1. The number of Topliss-reactive ketones (excluding diaryl/α,β-unsaturated/α-hetero) is 1. The van der Waals surface area contributed by atoms with E-state index in [0.29, 0.717) is 30.6 Å². The minimum atomic E-state index is -0.454. The van der Waals surface area contributed by atoms with Gasteiger partial charge in [0.25, 0.3) is 0 Å². The van der Waals surface area contributed by atoms with Crippen molar-refractivity contribution in [2.45, 2.75) is 38.0 Å². The van der Waals surface area contributed by atoms with Crippen LogP contribution in [-0.2, 0) is 20.7 Å². The molecule has 2 aromatic rings. The van der Waals surface area contributed by atoms with Gasteiger partial charge in [-0.1, -0.05) is 12.1 Å². The van der Waals surface area contributed by atoms with E-state index in [9.17, 15) is 9.59 Å². The third kappa shape index (κ3) is 2.95. The van der Waals surface area contributed by atoms with Gasteiger partial charge in [0.05, 0.1) is 25.6 Å². The molecule has 5 rings (SSSR count). The second-order valence-corrected chi connectivity index (χ2v) is 7.99. The molecule has 30 heavy (non-hydrogen) atoms. The first-order valence-corrected chi connectivity index (χ1v) is 10.2. The molecule has 0 spiro atoms. The average molecular weight is 405 g/mol. The Balaban J connectivity index is 1.62. The van der Waals surface area contributed by atoms with Gasteiger partial charge in [-0.3, -0.25) is 4.79 Å². The van der Waals surface area contributed by atoms with Crippen molar-refractivity contribution in [2.24, 2.45) is 0 Å². The van der Waals surface area contributed by atoms with Gasteiger partial charge >= 0.3 is 5.97 Å². The van der Waals surface area contributed by atoms with Crippen LogP contribution in [0.3, 0.4) is 0 Å². The van der Waals surface area contributed by atoms with Gasteiger partial charge in [-0.05, 0) is 42.7 Å². The van der Waals surface area contributed by atoms with E-state index in [2.05, 4.69) is 11.4 Å². The highest BCUT2D eigenvalue weighted by molar-refractivity contribution is 6.04. The van der Waals surface area contributed by atoms with Crippen LogP contribution in [0.25, 0.3) is 0 Å². The number of carbonyl (C=O) groups excluding carboxylic acids is 2. The predicted molar refractivity (Wildman–Crippen MR) is 109 cm³/mol. The molecule has 2 atom stereocenters. The Morgan fingerprint density at radius 2 is 2.10 bits per heavy atom. The van der Waals surface area contributed by atoms with E-state index in [-0.39, 0.29) is 11.7 Å². The molecule has 6 heteroatoms. The van der Waals surface area contributed by atoms with Crippen LogP contribution < -0.4 is 10.1 Å². The fourth-order valence-electron chi connectivity index (χ4n) is 4.86. The van der Waals surface area contributed by atoms with Crippen LogP contribution in [0, 0.1) is 0 Å². The Kier molecular flexibility index (Phi) is 4.50. The molecular formula is C24H23NO5. The summed E-state index contributed by atoms with van der Waals surface area (Å²) in [5.74, 6) is 0.818. The lowest BCUT2D eigenvalue weighted by molar-refractivity contribution is -0.136. The third-order valence-electron chi connectivity index (χ3n) is 6.23. The molecular weight excluding hydrogens is 382 g/mol. The summed E-state index contributed by atoms with van der Waals surface area (Å²) in [5.41, 5.74) is 4.74. The van der Waals surface area contributed by atoms with Gasteiger partial charge < -0.3 is 19.2 Å². The molecule has 1 aromatic carbocycles. The molecule has 6 nitrogen and oxygen atoms in total. The molecule has 2 aliphatic heterocycles. The largest absolute Gasteiger partial charge is 0.493 e.